The van der Waals surface area contributed by atoms with Crippen LogP contribution in [0.2, 0.25) is 0 Å². The van der Waals surface area contributed by atoms with Gasteiger partial charge >= 0.3 is 0 Å². The lowest BCUT2D eigenvalue weighted by Gasteiger charge is -2.17. The summed E-state index contributed by atoms with van der Waals surface area (Å²) in [5.41, 5.74) is 5.91. The van der Waals surface area contributed by atoms with E-state index in [9.17, 15) is 9.59 Å². The first kappa shape index (κ1) is 30.1. The maximum Gasteiger partial charge on any atom is 0.240 e. The third-order valence-electron chi connectivity index (χ3n) is 5.43. The van der Waals surface area contributed by atoms with E-state index in [1.165, 1.54) is 0 Å². The molecule has 0 radical (unpaired) electrons. The van der Waals surface area contributed by atoms with Gasteiger partial charge in [0.2, 0.25) is 11.8 Å². The summed E-state index contributed by atoms with van der Waals surface area (Å²) in [5.74, 6) is 0.831. The molecule has 0 heterocycles. The van der Waals surface area contributed by atoms with Crippen LogP contribution >= 0.6 is 31.9 Å². The fraction of sp³-hybridized carbons (Fsp3) is 0.233. The molecule has 2 amide bonds. The zero-order valence-corrected chi connectivity index (χ0v) is 24.9. The molecule has 0 saturated heterocycles. The summed E-state index contributed by atoms with van der Waals surface area (Å²) in [4.78, 5) is 24.4. The fourth-order valence-corrected chi connectivity index (χ4v) is 4.33. The van der Waals surface area contributed by atoms with E-state index in [1.54, 1.807) is 12.3 Å². The van der Waals surface area contributed by atoms with Crippen molar-refractivity contribution in [2.24, 2.45) is 5.10 Å². The third-order valence-corrected chi connectivity index (χ3v) is 6.46. The quantitative estimate of drug-likeness (QED) is 0.109. The molecule has 39 heavy (non-hydrogen) atoms. The molecule has 0 aliphatic carbocycles. The highest BCUT2D eigenvalue weighted by atomic mass is 79.9. The second kappa shape index (κ2) is 15.9. The summed E-state index contributed by atoms with van der Waals surface area (Å²) in [7, 11) is 0. The molecule has 0 fully saturated rings. The van der Waals surface area contributed by atoms with Crippen LogP contribution in [0.5, 0.6) is 11.5 Å². The number of nitrogens with one attached hydrogen (secondary N) is 2. The van der Waals surface area contributed by atoms with Gasteiger partial charge in [-0.05, 0) is 73.4 Å². The van der Waals surface area contributed by atoms with E-state index in [0.29, 0.717) is 43.2 Å². The number of ether oxygens (including phenoxy) is 2. The van der Waals surface area contributed by atoms with Gasteiger partial charge in [-0.25, -0.2) is 5.43 Å². The van der Waals surface area contributed by atoms with E-state index in [-0.39, 0.29) is 24.7 Å². The number of hydrazone groups is 1. The Hall–Kier alpha value is -3.43. The van der Waals surface area contributed by atoms with Gasteiger partial charge in [-0.2, -0.15) is 5.10 Å². The lowest BCUT2D eigenvalue weighted by atomic mass is 10.1. The van der Waals surface area contributed by atoms with Gasteiger partial charge in [-0.3, -0.25) is 9.59 Å². The predicted octanol–water partition coefficient (Wildman–Crippen LogP) is 7.18. The zero-order chi connectivity index (χ0) is 28.0. The smallest absolute Gasteiger partial charge is 0.240 e. The van der Waals surface area contributed by atoms with E-state index >= 15 is 0 Å². The molecule has 3 aromatic rings. The lowest BCUT2D eigenvalue weighted by Crippen LogP contribution is -2.18. The van der Waals surface area contributed by atoms with E-state index in [2.05, 4.69) is 54.3 Å². The molecule has 2 N–H and O–H groups in total. The molecule has 204 valence electrons. The molecule has 0 atom stereocenters. The monoisotopic (exact) mass is 655 g/mol. The number of amides is 2. The van der Waals surface area contributed by atoms with Gasteiger partial charge in [0, 0.05) is 33.0 Å². The molecular formula is C30H31Br2N3O4. The number of rotatable bonds is 14. The summed E-state index contributed by atoms with van der Waals surface area (Å²) in [6.45, 7) is 6.63. The van der Waals surface area contributed by atoms with Gasteiger partial charge < -0.3 is 14.8 Å². The van der Waals surface area contributed by atoms with Gasteiger partial charge in [0.15, 0.2) is 11.5 Å². The van der Waals surface area contributed by atoms with E-state index in [4.69, 9.17) is 9.47 Å². The highest BCUT2D eigenvalue weighted by Gasteiger charge is 2.14. The Morgan fingerprint density at radius 2 is 1.74 bits per heavy atom. The molecule has 0 spiro atoms. The summed E-state index contributed by atoms with van der Waals surface area (Å²) in [5, 5.41) is 6.91. The van der Waals surface area contributed by atoms with Crippen LogP contribution in [0.4, 0.5) is 5.69 Å². The lowest BCUT2D eigenvalue weighted by molar-refractivity contribution is -0.121. The second-order valence-corrected chi connectivity index (χ2v) is 10.4. The maximum atomic E-state index is 12.2. The highest BCUT2D eigenvalue weighted by Crippen LogP contribution is 2.34. The Morgan fingerprint density at radius 3 is 2.46 bits per heavy atom. The van der Waals surface area contributed by atoms with Crippen molar-refractivity contribution in [1.29, 1.82) is 0 Å². The van der Waals surface area contributed by atoms with Crippen molar-refractivity contribution in [2.75, 3.05) is 11.9 Å². The standard InChI is InChI=1S/C30H31Br2N3O4/c1-3-7-23-16-22(17-27(38-4-2)30(23)39-20-21-12-14-24(31)15-13-21)19-33-35-29(37)11-6-10-28(36)34-26-9-5-8-25(32)18-26/h3,5,8-9,12-19H,1,4,6-7,10-11,20H2,2H3,(H,34,36)(H,35,37)/b33-19-. The van der Waals surface area contributed by atoms with Crippen LogP contribution in [-0.4, -0.2) is 24.6 Å². The fourth-order valence-electron chi connectivity index (χ4n) is 3.66. The second-order valence-electron chi connectivity index (χ2n) is 8.55. The number of nitrogens with zero attached hydrogens (tertiary/aromatic N) is 1. The van der Waals surface area contributed by atoms with Crippen molar-refractivity contribution < 1.29 is 19.1 Å². The van der Waals surface area contributed by atoms with E-state index in [1.807, 2.05) is 67.6 Å². The van der Waals surface area contributed by atoms with Crippen molar-refractivity contribution >= 4 is 55.6 Å². The number of allylic oxidation sites excluding steroid dienone is 1. The molecule has 3 rings (SSSR count). The molecular weight excluding hydrogens is 626 g/mol. The summed E-state index contributed by atoms with van der Waals surface area (Å²) in [6, 6.07) is 19.0. The highest BCUT2D eigenvalue weighted by molar-refractivity contribution is 9.10. The summed E-state index contributed by atoms with van der Waals surface area (Å²) >= 11 is 6.82. The molecule has 7 nitrogen and oxygen atoms in total. The number of hydrogen-bond donors (Lipinski definition) is 2. The Kier molecular flexibility index (Phi) is 12.2. The largest absolute Gasteiger partial charge is 0.490 e. The van der Waals surface area contributed by atoms with E-state index in [0.717, 1.165) is 25.6 Å². The molecule has 0 aliphatic heterocycles. The Balaban J connectivity index is 1.56. The predicted molar refractivity (Wildman–Crippen MR) is 162 cm³/mol. The van der Waals surface area contributed by atoms with Gasteiger partial charge in [0.25, 0.3) is 0 Å². The van der Waals surface area contributed by atoms with Crippen molar-refractivity contribution in [2.45, 2.75) is 39.2 Å². The molecule has 0 aromatic heterocycles. The van der Waals surface area contributed by atoms with Crippen LogP contribution in [-0.2, 0) is 22.6 Å². The SMILES string of the molecule is C=CCc1cc(/C=N\NC(=O)CCCC(=O)Nc2cccc(Br)c2)cc(OCC)c1OCc1ccc(Br)cc1. The average molecular weight is 657 g/mol. The van der Waals surface area contributed by atoms with Crippen LogP contribution in [0.25, 0.3) is 0 Å². The summed E-state index contributed by atoms with van der Waals surface area (Å²) in [6.07, 6.45) is 4.75. The first-order valence-corrected chi connectivity index (χ1v) is 14.1. The molecule has 0 bridgehead atoms. The van der Waals surface area contributed by atoms with E-state index < -0.39 is 0 Å². The van der Waals surface area contributed by atoms with Crippen molar-refractivity contribution in [3.8, 4) is 11.5 Å². The van der Waals surface area contributed by atoms with Crippen molar-refractivity contribution in [1.82, 2.24) is 5.43 Å². The van der Waals surface area contributed by atoms with Crippen LogP contribution < -0.4 is 20.2 Å². The Morgan fingerprint density at radius 1 is 0.974 bits per heavy atom. The van der Waals surface area contributed by atoms with Crippen LogP contribution in [0, 0.1) is 0 Å². The maximum absolute atomic E-state index is 12.2. The first-order valence-electron chi connectivity index (χ1n) is 12.5. The summed E-state index contributed by atoms with van der Waals surface area (Å²) < 4.78 is 13.9. The van der Waals surface area contributed by atoms with Crippen molar-refractivity contribution in [3.63, 3.8) is 0 Å². The van der Waals surface area contributed by atoms with Crippen molar-refractivity contribution in [3.05, 3.63) is 99.0 Å². The number of benzene rings is 3. The minimum absolute atomic E-state index is 0.148. The normalized spacial score (nSPS) is 10.7. The number of carbonyl (C=O) groups excluding carboxylic acids is 2. The number of anilines is 1. The van der Waals surface area contributed by atoms with Crippen LogP contribution in [0.1, 0.15) is 42.9 Å². The van der Waals surface area contributed by atoms with Crippen LogP contribution in [0.15, 0.2) is 87.4 Å². The molecule has 0 aliphatic rings. The Labute approximate surface area is 245 Å². The number of carbonyl (C=O) groups is 2. The average Bonchev–Trinajstić information content (AvgIpc) is 2.89. The van der Waals surface area contributed by atoms with Gasteiger partial charge in [-0.15, -0.1) is 6.58 Å². The van der Waals surface area contributed by atoms with Crippen LogP contribution in [0.3, 0.4) is 0 Å². The third kappa shape index (κ3) is 10.3. The van der Waals surface area contributed by atoms with Gasteiger partial charge in [0.05, 0.1) is 12.8 Å². The molecule has 9 heteroatoms. The van der Waals surface area contributed by atoms with Gasteiger partial charge in [-0.1, -0.05) is 56.1 Å². The first-order chi connectivity index (χ1) is 18.9. The Bertz CT molecular complexity index is 1310. The molecule has 0 unspecified atom stereocenters. The van der Waals surface area contributed by atoms with Gasteiger partial charge in [0.1, 0.15) is 6.61 Å². The zero-order valence-electron chi connectivity index (χ0n) is 21.7. The minimum Gasteiger partial charge on any atom is -0.490 e. The minimum atomic E-state index is -0.271. The molecule has 3 aromatic carbocycles. The number of hydrogen-bond acceptors (Lipinski definition) is 5. The molecule has 0 saturated carbocycles. The number of halogens is 2. The topological polar surface area (TPSA) is 89.0 Å².